The highest BCUT2D eigenvalue weighted by Gasteiger charge is 2.06. The third-order valence-electron chi connectivity index (χ3n) is 2.42. The molecule has 0 spiro atoms. The van der Waals surface area contributed by atoms with Crippen LogP contribution in [0.15, 0.2) is 30.6 Å². The van der Waals surface area contributed by atoms with Crippen molar-refractivity contribution in [2.75, 3.05) is 0 Å². The summed E-state index contributed by atoms with van der Waals surface area (Å²) in [6, 6.07) is 6.37. The minimum atomic E-state index is 1.21. The quantitative estimate of drug-likeness (QED) is 0.557. The van der Waals surface area contributed by atoms with Crippen LogP contribution in [0.4, 0.5) is 0 Å². The van der Waals surface area contributed by atoms with Crippen molar-refractivity contribution in [3.8, 4) is 0 Å². The van der Waals surface area contributed by atoms with Gasteiger partial charge in [-0.3, -0.25) is 0 Å². The Bertz CT molecular complexity index is 613. The Balaban J connectivity index is 2.65. The molecule has 0 radical (unpaired) electrons. The highest BCUT2D eigenvalue weighted by molar-refractivity contribution is 7.25. The van der Waals surface area contributed by atoms with Crippen LogP contribution < -0.4 is 0 Å². The summed E-state index contributed by atoms with van der Waals surface area (Å²) in [6.45, 7) is 2.13. The number of aromatic nitrogens is 2. The molecular formula is C11H8N2S. The van der Waals surface area contributed by atoms with Crippen molar-refractivity contribution in [2.45, 2.75) is 6.92 Å². The summed E-state index contributed by atoms with van der Waals surface area (Å²) in [7, 11) is 0. The van der Waals surface area contributed by atoms with E-state index in [2.05, 4.69) is 35.3 Å². The van der Waals surface area contributed by atoms with E-state index in [4.69, 9.17) is 0 Å². The van der Waals surface area contributed by atoms with Crippen LogP contribution in [-0.2, 0) is 0 Å². The lowest BCUT2D eigenvalue weighted by Crippen LogP contribution is -1.77. The van der Waals surface area contributed by atoms with E-state index >= 15 is 0 Å². The predicted molar refractivity (Wildman–Crippen MR) is 59.7 cm³/mol. The molecule has 0 aliphatic rings. The molecule has 68 valence electrons. The van der Waals surface area contributed by atoms with Crippen LogP contribution >= 0.6 is 11.3 Å². The van der Waals surface area contributed by atoms with E-state index in [1.54, 1.807) is 11.3 Å². The van der Waals surface area contributed by atoms with E-state index in [0.29, 0.717) is 0 Å². The summed E-state index contributed by atoms with van der Waals surface area (Å²) >= 11 is 1.77. The number of benzene rings is 1. The largest absolute Gasteiger partial charge is 0.158 e. The van der Waals surface area contributed by atoms with E-state index in [1.165, 1.54) is 25.7 Å². The molecule has 0 aliphatic carbocycles. The molecule has 2 heterocycles. The van der Waals surface area contributed by atoms with Gasteiger partial charge in [-0.05, 0) is 18.6 Å². The Hall–Kier alpha value is -1.48. The molecule has 1 aromatic carbocycles. The van der Waals surface area contributed by atoms with E-state index in [9.17, 15) is 0 Å². The van der Waals surface area contributed by atoms with Gasteiger partial charge in [-0.25, -0.2) is 0 Å². The highest BCUT2D eigenvalue weighted by atomic mass is 32.1. The zero-order valence-corrected chi connectivity index (χ0v) is 8.51. The number of aryl methyl sites for hydroxylation is 1. The Kier molecular flexibility index (Phi) is 1.55. The first kappa shape index (κ1) is 7.88. The summed E-state index contributed by atoms with van der Waals surface area (Å²) in [5.41, 5.74) is 1.31. The molecule has 0 saturated carbocycles. The lowest BCUT2D eigenvalue weighted by Gasteiger charge is -1.94. The monoisotopic (exact) mass is 200 g/mol. The van der Waals surface area contributed by atoms with Crippen molar-refractivity contribution in [2.24, 2.45) is 0 Å². The molecule has 2 nitrogen and oxygen atoms in total. The van der Waals surface area contributed by atoms with Gasteiger partial charge < -0.3 is 0 Å². The topological polar surface area (TPSA) is 25.8 Å². The van der Waals surface area contributed by atoms with E-state index in [-0.39, 0.29) is 0 Å². The van der Waals surface area contributed by atoms with E-state index in [1.807, 2.05) is 12.4 Å². The van der Waals surface area contributed by atoms with Crippen LogP contribution in [0.2, 0.25) is 0 Å². The Morgan fingerprint density at radius 1 is 1.07 bits per heavy atom. The maximum Gasteiger partial charge on any atom is 0.0675 e. The standard InChI is InChI=1S/C11H8N2S/c1-7-3-2-4-9-11(7)8-5-12-13-6-10(8)14-9/h2-6H,1H3. The number of nitrogens with zero attached hydrogens (tertiary/aromatic N) is 2. The predicted octanol–water partition coefficient (Wildman–Crippen LogP) is 3.15. The second-order valence-corrected chi connectivity index (χ2v) is 4.40. The van der Waals surface area contributed by atoms with Crippen LogP contribution in [0, 0.1) is 6.92 Å². The number of hydrogen-bond acceptors (Lipinski definition) is 3. The van der Waals surface area contributed by atoms with E-state index in [0.717, 1.165) is 0 Å². The second kappa shape index (κ2) is 2.75. The first-order valence-corrected chi connectivity index (χ1v) is 5.26. The molecule has 14 heavy (non-hydrogen) atoms. The number of rotatable bonds is 0. The van der Waals surface area contributed by atoms with E-state index < -0.39 is 0 Å². The molecule has 0 bridgehead atoms. The van der Waals surface area contributed by atoms with Crippen molar-refractivity contribution in [3.05, 3.63) is 36.2 Å². The fourth-order valence-corrected chi connectivity index (χ4v) is 2.89. The third-order valence-corrected chi connectivity index (χ3v) is 3.52. The number of thiophene rings is 1. The van der Waals surface area contributed by atoms with Gasteiger partial charge in [0, 0.05) is 15.5 Å². The smallest absolute Gasteiger partial charge is 0.0675 e. The summed E-state index contributed by atoms with van der Waals surface area (Å²) < 4.78 is 2.53. The number of fused-ring (bicyclic) bond motifs is 3. The SMILES string of the molecule is Cc1cccc2sc3cnncc3c12. The van der Waals surface area contributed by atoms with Crippen LogP contribution in [0.1, 0.15) is 5.56 Å². The zero-order valence-electron chi connectivity index (χ0n) is 7.69. The normalized spacial score (nSPS) is 11.2. The summed E-state index contributed by atoms with van der Waals surface area (Å²) in [5.74, 6) is 0. The summed E-state index contributed by atoms with van der Waals surface area (Å²) in [4.78, 5) is 0. The van der Waals surface area contributed by atoms with Gasteiger partial charge in [0.15, 0.2) is 0 Å². The molecule has 0 unspecified atom stereocenters. The molecule has 0 N–H and O–H groups in total. The average Bonchev–Trinajstić information content (AvgIpc) is 2.57. The third kappa shape index (κ3) is 0.960. The van der Waals surface area contributed by atoms with Gasteiger partial charge in [-0.15, -0.1) is 11.3 Å². The summed E-state index contributed by atoms with van der Waals surface area (Å²) in [5, 5.41) is 10.4. The van der Waals surface area contributed by atoms with Crippen LogP contribution in [0.5, 0.6) is 0 Å². The minimum Gasteiger partial charge on any atom is -0.158 e. The molecule has 0 amide bonds. The average molecular weight is 200 g/mol. The van der Waals surface area contributed by atoms with Gasteiger partial charge in [0.1, 0.15) is 0 Å². The van der Waals surface area contributed by atoms with Crippen molar-refractivity contribution in [3.63, 3.8) is 0 Å². The molecule has 3 aromatic rings. The van der Waals surface area contributed by atoms with Crippen LogP contribution in [-0.4, -0.2) is 10.2 Å². The highest BCUT2D eigenvalue weighted by Crippen LogP contribution is 2.34. The van der Waals surface area contributed by atoms with Crippen molar-refractivity contribution in [1.82, 2.24) is 10.2 Å². The first-order chi connectivity index (χ1) is 6.86. The van der Waals surface area contributed by atoms with Crippen LogP contribution in [0.25, 0.3) is 20.2 Å². The molecule has 0 aliphatic heterocycles. The maximum atomic E-state index is 3.93. The van der Waals surface area contributed by atoms with Crippen molar-refractivity contribution < 1.29 is 0 Å². The second-order valence-electron chi connectivity index (χ2n) is 3.32. The molecule has 0 fully saturated rings. The maximum absolute atomic E-state index is 3.93. The van der Waals surface area contributed by atoms with Gasteiger partial charge in [0.25, 0.3) is 0 Å². The summed E-state index contributed by atoms with van der Waals surface area (Å²) in [6.07, 6.45) is 3.68. The zero-order chi connectivity index (χ0) is 9.54. The lowest BCUT2D eigenvalue weighted by atomic mass is 10.1. The fourth-order valence-electron chi connectivity index (χ4n) is 1.77. The fraction of sp³-hybridized carbons (Fsp3) is 0.0909. The van der Waals surface area contributed by atoms with Crippen molar-refractivity contribution >= 4 is 31.5 Å². The van der Waals surface area contributed by atoms with Gasteiger partial charge in [0.05, 0.1) is 17.1 Å². The Morgan fingerprint density at radius 2 is 1.93 bits per heavy atom. The molecule has 2 aromatic heterocycles. The lowest BCUT2D eigenvalue weighted by molar-refractivity contribution is 1.05. The van der Waals surface area contributed by atoms with Crippen molar-refractivity contribution in [1.29, 1.82) is 0 Å². The molecule has 3 rings (SSSR count). The molecule has 0 atom stereocenters. The van der Waals surface area contributed by atoms with Gasteiger partial charge in [0.2, 0.25) is 0 Å². The first-order valence-electron chi connectivity index (χ1n) is 4.45. The van der Waals surface area contributed by atoms with Gasteiger partial charge in [-0.2, -0.15) is 10.2 Å². The number of hydrogen-bond donors (Lipinski definition) is 0. The molecular weight excluding hydrogens is 192 g/mol. The van der Waals surface area contributed by atoms with Gasteiger partial charge >= 0.3 is 0 Å². The Morgan fingerprint density at radius 3 is 2.86 bits per heavy atom. The van der Waals surface area contributed by atoms with Crippen LogP contribution in [0.3, 0.4) is 0 Å². The molecule has 3 heteroatoms. The minimum absolute atomic E-state index is 1.21. The Labute approximate surface area is 85.2 Å². The molecule has 0 saturated heterocycles. The van der Waals surface area contributed by atoms with Gasteiger partial charge in [-0.1, -0.05) is 12.1 Å².